The number of carbonyl (C=O) groups excluding carboxylic acids is 2. The number of hydrogen-bond donors (Lipinski definition) is 1. The minimum Gasteiger partial charge on any atom is -0.463 e. The van der Waals surface area contributed by atoms with Crippen molar-refractivity contribution in [1.82, 2.24) is 0 Å². The minimum absolute atomic E-state index is 0.110. The second-order valence-electron chi connectivity index (χ2n) is 11.9. The lowest BCUT2D eigenvalue weighted by Gasteiger charge is -2.12. The van der Waals surface area contributed by atoms with Gasteiger partial charge < -0.3 is 14.6 Å². The summed E-state index contributed by atoms with van der Waals surface area (Å²) >= 11 is 0. The summed E-state index contributed by atoms with van der Waals surface area (Å²) in [6.45, 7) is 6.61. The molecule has 1 unspecified atom stereocenters. The fourth-order valence-corrected chi connectivity index (χ4v) is 4.88. The average Bonchev–Trinajstić information content (AvgIpc) is 2.94. The highest BCUT2D eigenvalue weighted by Crippen LogP contribution is 2.15. The number of aliphatic hydroxyl groups is 1. The SMILES string of the molecule is CCCCCCCCCCCCCCCCCC(=O)OC[C@H](O)COC(=O)CCCCCCCCC(C)CC. The monoisotopic (exact) mass is 554 g/mol. The second kappa shape index (κ2) is 29.9. The molecule has 0 saturated carbocycles. The Morgan fingerprint density at radius 1 is 0.538 bits per heavy atom. The number of esters is 2. The molecular weight excluding hydrogens is 488 g/mol. The zero-order chi connectivity index (χ0) is 28.8. The van der Waals surface area contributed by atoms with Crippen molar-refractivity contribution < 1.29 is 24.2 Å². The Hall–Kier alpha value is -1.10. The van der Waals surface area contributed by atoms with Gasteiger partial charge in [0.1, 0.15) is 19.3 Å². The summed E-state index contributed by atoms with van der Waals surface area (Å²) in [5, 5.41) is 9.95. The van der Waals surface area contributed by atoms with Crippen molar-refractivity contribution in [2.45, 2.75) is 187 Å². The standard InChI is InChI=1S/C34H66O5/c1-4-6-7-8-9-10-11-12-13-14-15-16-17-21-24-27-33(36)38-29-32(35)30-39-34(37)28-25-22-19-18-20-23-26-31(3)5-2/h31-32,35H,4-30H2,1-3H3/t31?,32-/m0/s1. The molecule has 0 radical (unpaired) electrons. The van der Waals surface area contributed by atoms with Gasteiger partial charge in [-0.25, -0.2) is 0 Å². The first kappa shape index (κ1) is 37.9. The van der Waals surface area contributed by atoms with E-state index in [0.717, 1.165) is 38.0 Å². The third-order valence-electron chi connectivity index (χ3n) is 7.88. The van der Waals surface area contributed by atoms with Gasteiger partial charge in [-0.1, -0.05) is 156 Å². The van der Waals surface area contributed by atoms with Crippen molar-refractivity contribution >= 4 is 11.9 Å². The summed E-state index contributed by atoms with van der Waals surface area (Å²) in [5.74, 6) is 0.270. The van der Waals surface area contributed by atoms with Crippen LogP contribution in [0.15, 0.2) is 0 Å². The summed E-state index contributed by atoms with van der Waals surface area (Å²) in [5.41, 5.74) is 0. The summed E-state index contributed by atoms with van der Waals surface area (Å²) in [4.78, 5) is 23.8. The van der Waals surface area contributed by atoms with Crippen LogP contribution in [-0.2, 0) is 19.1 Å². The molecule has 0 aromatic carbocycles. The number of aliphatic hydroxyl groups excluding tert-OH is 1. The smallest absolute Gasteiger partial charge is 0.305 e. The summed E-state index contributed by atoms with van der Waals surface area (Å²) in [7, 11) is 0. The molecule has 2 atom stereocenters. The highest BCUT2D eigenvalue weighted by Gasteiger charge is 2.12. The molecule has 39 heavy (non-hydrogen) atoms. The topological polar surface area (TPSA) is 72.8 Å². The Kier molecular flexibility index (Phi) is 29.0. The third kappa shape index (κ3) is 29.7. The molecule has 232 valence electrons. The van der Waals surface area contributed by atoms with Gasteiger partial charge >= 0.3 is 11.9 Å². The van der Waals surface area contributed by atoms with E-state index in [-0.39, 0.29) is 25.2 Å². The number of hydrogen-bond acceptors (Lipinski definition) is 5. The highest BCUT2D eigenvalue weighted by molar-refractivity contribution is 5.69. The molecule has 0 heterocycles. The first-order valence-corrected chi connectivity index (χ1v) is 17.0. The molecule has 0 aromatic heterocycles. The van der Waals surface area contributed by atoms with Crippen LogP contribution in [0.5, 0.6) is 0 Å². The van der Waals surface area contributed by atoms with E-state index in [1.807, 2.05) is 0 Å². The largest absolute Gasteiger partial charge is 0.463 e. The van der Waals surface area contributed by atoms with E-state index in [9.17, 15) is 14.7 Å². The van der Waals surface area contributed by atoms with Crippen molar-refractivity contribution in [3.8, 4) is 0 Å². The summed E-state index contributed by atoms with van der Waals surface area (Å²) < 4.78 is 10.3. The van der Waals surface area contributed by atoms with E-state index in [4.69, 9.17) is 9.47 Å². The Labute approximate surface area is 242 Å². The van der Waals surface area contributed by atoms with Gasteiger partial charge in [0, 0.05) is 12.8 Å². The maximum absolute atomic E-state index is 11.9. The second-order valence-corrected chi connectivity index (χ2v) is 11.9. The van der Waals surface area contributed by atoms with Crippen LogP contribution >= 0.6 is 0 Å². The third-order valence-corrected chi connectivity index (χ3v) is 7.88. The molecule has 0 aliphatic carbocycles. The van der Waals surface area contributed by atoms with Gasteiger partial charge in [-0.05, 0) is 18.8 Å². The molecule has 0 aliphatic heterocycles. The maximum atomic E-state index is 11.9. The molecule has 1 N–H and O–H groups in total. The average molecular weight is 555 g/mol. The molecule has 0 aliphatic rings. The Morgan fingerprint density at radius 2 is 0.872 bits per heavy atom. The lowest BCUT2D eigenvalue weighted by molar-refractivity contribution is -0.152. The van der Waals surface area contributed by atoms with Gasteiger partial charge in [0.2, 0.25) is 0 Å². The summed E-state index contributed by atoms with van der Waals surface area (Å²) in [6, 6.07) is 0. The molecule has 5 heteroatoms. The van der Waals surface area contributed by atoms with E-state index in [1.165, 1.54) is 116 Å². The van der Waals surface area contributed by atoms with Crippen molar-refractivity contribution in [3.05, 3.63) is 0 Å². The van der Waals surface area contributed by atoms with Crippen LogP contribution < -0.4 is 0 Å². The fraction of sp³-hybridized carbons (Fsp3) is 0.941. The lowest BCUT2D eigenvalue weighted by atomic mass is 10.00. The van der Waals surface area contributed by atoms with Gasteiger partial charge in [0.15, 0.2) is 0 Å². The Bertz CT molecular complexity index is 536. The van der Waals surface area contributed by atoms with Gasteiger partial charge in [0.25, 0.3) is 0 Å². The Morgan fingerprint density at radius 3 is 1.23 bits per heavy atom. The molecule has 0 spiro atoms. The number of ether oxygens (including phenoxy) is 2. The van der Waals surface area contributed by atoms with Crippen LogP contribution in [0.3, 0.4) is 0 Å². The van der Waals surface area contributed by atoms with E-state index in [2.05, 4.69) is 20.8 Å². The molecular formula is C34H66O5. The van der Waals surface area contributed by atoms with Gasteiger partial charge in [-0.3, -0.25) is 9.59 Å². The molecule has 5 nitrogen and oxygen atoms in total. The Balaban J connectivity index is 3.41. The van der Waals surface area contributed by atoms with Crippen molar-refractivity contribution in [3.63, 3.8) is 0 Å². The maximum Gasteiger partial charge on any atom is 0.305 e. The molecule has 0 fully saturated rings. The highest BCUT2D eigenvalue weighted by atomic mass is 16.6. The van der Waals surface area contributed by atoms with E-state index < -0.39 is 6.10 Å². The van der Waals surface area contributed by atoms with Crippen LogP contribution in [0, 0.1) is 5.92 Å². The van der Waals surface area contributed by atoms with E-state index >= 15 is 0 Å². The number of rotatable bonds is 30. The molecule has 0 aromatic rings. The van der Waals surface area contributed by atoms with Gasteiger partial charge in [-0.15, -0.1) is 0 Å². The summed E-state index contributed by atoms with van der Waals surface area (Å²) in [6.07, 6.45) is 28.7. The molecule has 0 bridgehead atoms. The van der Waals surface area contributed by atoms with Crippen LogP contribution in [0.1, 0.15) is 181 Å². The van der Waals surface area contributed by atoms with E-state index in [1.54, 1.807) is 0 Å². The zero-order valence-electron chi connectivity index (χ0n) is 26.3. The van der Waals surface area contributed by atoms with E-state index in [0.29, 0.717) is 12.8 Å². The van der Waals surface area contributed by atoms with Crippen LogP contribution in [-0.4, -0.2) is 36.4 Å². The minimum atomic E-state index is -0.954. The normalized spacial score (nSPS) is 12.8. The fourth-order valence-electron chi connectivity index (χ4n) is 4.88. The van der Waals surface area contributed by atoms with Gasteiger partial charge in [0.05, 0.1) is 0 Å². The number of unbranched alkanes of at least 4 members (excludes halogenated alkanes) is 19. The van der Waals surface area contributed by atoms with Crippen LogP contribution in [0.25, 0.3) is 0 Å². The van der Waals surface area contributed by atoms with Crippen LogP contribution in [0.4, 0.5) is 0 Å². The molecule has 0 amide bonds. The first-order valence-electron chi connectivity index (χ1n) is 17.0. The molecule has 0 rings (SSSR count). The lowest BCUT2D eigenvalue weighted by Crippen LogP contribution is -2.25. The number of carbonyl (C=O) groups is 2. The molecule has 0 saturated heterocycles. The van der Waals surface area contributed by atoms with Crippen molar-refractivity contribution in [2.75, 3.05) is 13.2 Å². The quantitative estimate of drug-likeness (QED) is 0.0706. The predicted octanol–water partition coefficient (Wildman–Crippen LogP) is 9.86. The van der Waals surface area contributed by atoms with Crippen molar-refractivity contribution in [1.29, 1.82) is 0 Å². The predicted molar refractivity (Wildman–Crippen MR) is 164 cm³/mol. The van der Waals surface area contributed by atoms with Crippen molar-refractivity contribution in [2.24, 2.45) is 5.92 Å². The zero-order valence-corrected chi connectivity index (χ0v) is 26.3. The van der Waals surface area contributed by atoms with Crippen LogP contribution in [0.2, 0.25) is 0 Å². The first-order chi connectivity index (χ1) is 19.0. The van der Waals surface area contributed by atoms with Gasteiger partial charge in [-0.2, -0.15) is 0 Å².